The van der Waals surface area contributed by atoms with Gasteiger partial charge in [-0.05, 0) is 30.3 Å². The molecule has 0 unspecified atom stereocenters. The molecule has 0 spiro atoms. The highest BCUT2D eigenvalue weighted by atomic mass is 16.6. The second-order valence-electron chi connectivity index (χ2n) is 5.78. The number of benzene rings is 2. The number of carbonyl (C=O) groups excluding carboxylic acids is 1. The minimum absolute atomic E-state index is 0.0312. The first-order valence-corrected chi connectivity index (χ1v) is 8.42. The van der Waals surface area contributed by atoms with Crippen LogP contribution >= 0.6 is 0 Å². The zero-order valence-corrected chi connectivity index (χ0v) is 15.6. The largest absolute Gasteiger partial charge is 0.493 e. The van der Waals surface area contributed by atoms with Gasteiger partial charge in [0.2, 0.25) is 0 Å². The predicted octanol–water partition coefficient (Wildman–Crippen LogP) is 3.64. The van der Waals surface area contributed by atoms with Crippen molar-refractivity contribution in [2.75, 3.05) is 14.2 Å². The molecule has 1 heterocycles. The SMILES string of the molecule is COc1ccc(C(=O)N/N=C\c2ccc(-c3cccc([N+](=O)[O-])c3)o2)cc1OC. The molecule has 3 rings (SSSR count). The summed E-state index contributed by atoms with van der Waals surface area (Å²) < 4.78 is 15.9. The summed E-state index contributed by atoms with van der Waals surface area (Å²) in [5, 5.41) is 14.8. The summed E-state index contributed by atoms with van der Waals surface area (Å²) in [6.45, 7) is 0. The second-order valence-corrected chi connectivity index (χ2v) is 5.78. The number of hydrazone groups is 1. The number of amides is 1. The Morgan fingerprint density at radius 3 is 2.62 bits per heavy atom. The van der Waals surface area contributed by atoms with Gasteiger partial charge in [0.1, 0.15) is 11.5 Å². The average molecular weight is 395 g/mol. The van der Waals surface area contributed by atoms with Crippen molar-refractivity contribution in [1.29, 1.82) is 0 Å². The number of nitrogens with one attached hydrogen (secondary N) is 1. The van der Waals surface area contributed by atoms with Gasteiger partial charge in [-0.15, -0.1) is 0 Å². The maximum Gasteiger partial charge on any atom is 0.271 e. The van der Waals surface area contributed by atoms with Crippen LogP contribution in [0.2, 0.25) is 0 Å². The number of nitro benzene ring substituents is 1. The number of methoxy groups -OCH3 is 2. The molecule has 0 atom stereocenters. The lowest BCUT2D eigenvalue weighted by Gasteiger charge is -2.08. The van der Waals surface area contributed by atoms with Crippen molar-refractivity contribution in [2.45, 2.75) is 0 Å². The molecule has 1 N–H and O–H groups in total. The maximum atomic E-state index is 12.2. The first kappa shape index (κ1) is 19.6. The zero-order valence-electron chi connectivity index (χ0n) is 15.6. The Labute approximate surface area is 165 Å². The quantitative estimate of drug-likeness (QED) is 0.371. The van der Waals surface area contributed by atoms with Gasteiger partial charge < -0.3 is 13.9 Å². The van der Waals surface area contributed by atoms with Gasteiger partial charge in [-0.2, -0.15) is 5.10 Å². The van der Waals surface area contributed by atoms with Crippen molar-refractivity contribution in [1.82, 2.24) is 5.43 Å². The number of carbonyl (C=O) groups is 1. The molecule has 0 aliphatic carbocycles. The Morgan fingerprint density at radius 2 is 1.90 bits per heavy atom. The average Bonchev–Trinajstić information content (AvgIpc) is 3.22. The molecule has 1 amide bonds. The molecular formula is C20H17N3O6. The third-order valence-corrected chi connectivity index (χ3v) is 3.97. The molecule has 29 heavy (non-hydrogen) atoms. The van der Waals surface area contributed by atoms with E-state index >= 15 is 0 Å². The third kappa shape index (κ3) is 4.59. The number of furan rings is 1. The molecule has 3 aromatic rings. The summed E-state index contributed by atoms with van der Waals surface area (Å²) in [5.41, 5.74) is 3.27. The maximum absolute atomic E-state index is 12.2. The number of non-ortho nitro benzene ring substituents is 1. The molecule has 0 saturated carbocycles. The molecule has 9 nitrogen and oxygen atoms in total. The van der Waals surface area contributed by atoms with E-state index in [9.17, 15) is 14.9 Å². The van der Waals surface area contributed by atoms with Crippen LogP contribution in [0.25, 0.3) is 11.3 Å². The lowest BCUT2D eigenvalue weighted by atomic mass is 10.1. The highest BCUT2D eigenvalue weighted by molar-refractivity contribution is 5.95. The van der Waals surface area contributed by atoms with Gasteiger partial charge in [0.15, 0.2) is 11.5 Å². The Hall–Kier alpha value is -4.14. The number of hydrogen-bond acceptors (Lipinski definition) is 7. The summed E-state index contributed by atoms with van der Waals surface area (Å²) >= 11 is 0. The fourth-order valence-electron chi connectivity index (χ4n) is 2.55. The lowest BCUT2D eigenvalue weighted by Crippen LogP contribution is -2.17. The minimum atomic E-state index is -0.474. The van der Waals surface area contributed by atoms with Crippen LogP contribution in [-0.2, 0) is 0 Å². The summed E-state index contributed by atoms with van der Waals surface area (Å²) in [6, 6.07) is 14.1. The van der Waals surface area contributed by atoms with E-state index in [1.165, 1.54) is 38.6 Å². The van der Waals surface area contributed by atoms with E-state index < -0.39 is 10.8 Å². The van der Waals surface area contributed by atoms with Crippen LogP contribution in [0.4, 0.5) is 5.69 Å². The smallest absolute Gasteiger partial charge is 0.271 e. The van der Waals surface area contributed by atoms with E-state index in [0.29, 0.717) is 34.1 Å². The van der Waals surface area contributed by atoms with Crippen molar-refractivity contribution in [3.8, 4) is 22.8 Å². The van der Waals surface area contributed by atoms with Gasteiger partial charge in [-0.25, -0.2) is 5.43 Å². The highest BCUT2D eigenvalue weighted by Crippen LogP contribution is 2.27. The highest BCUT2D eigenvalue weighted by Gasteiger charge is 2.11. The Bertz CT molecular complexity index is 1070. The molecule has 0 radical (unpaired) electrons. The van der Waals surface area contributed by atoms with Gasteiger partial charge in [-0.3, -0.25) is 14.9 Å². The standard InChI is InChI=1S/C20H17N3O6/c1-27-18-8-6-14(11-19(18)28-2)20(24)22-21-12-16-7-9-17(29-16)13-4-3-5-15(10-13)23(25)26/h3-12H,1-2H3,(H,22,24)/b21-12-. The molecule has 0 fully saturated rings. The van der Waals surface area contributed by atoms with Crippen molar-refractivity contribution >= 4 is 17.8 Å². The normalized spacial score (nSPS) is 10.7. The van der Waals surface area contributed by atoms with Crippen molar-refractivity contribution in [2.24, 2.45) is 5.10 Å². The van der Waals surface area contributed by atoms with E-state index in [4.69, 9.17) is 13.9 Å². The summed E-state index contributed by atoms with van der Waals surface area (Å²) in [7, 11) is 2.99. The van der Waals surface area contributed by atoms with Gasteiger partial charge >= 0.3 is 0 Å². The summed E-state index contributed by atoms with van der Waals surface area (Å²) in [5.74, 6) is 1.32. The van der Waals surface area contributed by atoms with Crippen LogP contribution in [0.5, 0.6) is 11.5 Å². The van der Waals surface area contributed by atoms with E-state index in [-0.39, 0.29) is 5.69 Å². The topological polar surface area (TPSA) is 116 Å². The van der Waals surface area contributed by atoms with Gasteiger partial charge in [0.25, 0.3) is 11.6 Å². The van der Waals surface area contributed by atoms with E-state index in [0.717, 1.165) is 0 Å². The minimum Gasteiger partial charge on any atom is -0.493 e. The monoisotopic (exact) mass is 395 g/mol. The van der Waals surface area contributed by atoms with E-state index in [2.05, 4.69) is 10.5 Å². The van der Waals surface area contributed by atoms with E-state index in [1.54, 1.807) is 36.4 Å². The van der Waals surface area contributed by atoms with Crippen molar-refractivity contribution in [3.63, 3.8) is 0 Å². The number of ether oxygens (including phenoxy) is 2. The Morgan fingerprint density at radius 1 is 1.10 bits per heavy atom. The van der Waals surface area contributed by atoms with Crippen LogP contribution in [0.15, 0.2) is 64.1 Å². The number of rotatable bonds is 7. The zero-order chi connectivity index (χ0) is 20.8. The van der Waals surface area contributed by atoms with Crippen LogP contribution in [0, 0.1) is 10.1 Å². The number of nitro groups is 1. The molecule has 0 aliphatic heterocycles. The molecular weight excluding hydrogens is 378 g/mol. The van der Waals surface area contributed by atoms with Crippen LogP contribution in [-0.4, -0.2) is 31.3 Å². The van der Waals surface area contributed by atoms with E-state index in [1.807, 2.05) is 0 Å². The molecule has 148 valence electrons. The first-order valence-electron chi connectivity index (χ1n) is 8.42. The summed E-state index contributed by atoms with van der Waals surface area (Å²) in [6.07, 6.45) is 1.33. The Balaban J connectivity index is 1.68. The van der Waals surface area contributed by atoms with Gasteiger partial charge in [0, 0.05) is 23.3 Å². The Kier molecular flexibility index (Phi) is 5.88. The molecule has 9 heteroatoms. The molecule has 0 saturated heterocycles. The van der Waals surface area contributed by atoms with Crippen molar-refractivity contribution < 1.29 is 23.6 Å². The first-order chi connectivity index (χ1) is 14.0. The van der Waals surface area contributed by atoms with Gasteiger partial charge in [0.05, 0.1) is 25.4 Å². The second kappa shape index (κ2) is 8.70. The fraction of sp³-hybridized carbons (Fsp3) is 0.100. The molecule has 2 aromatic carbocycles. The fourth-order valence-corrected chi connectivity index (χ4v) is 2.55. The lowest BCUT2D eigenvalue weighted by molar-refractivity contribution is -0.384. The van der Waals surface area contributed by atoms with Gasteiger partial charge in [-0.1, -0.05) is 12.1 Å². The van der Waals surface area contributed by atoms with Crippen LogP contribution in [0.1, 0.15) is 16.1 Å². The molecule has 1 aromatic heterocycles. The van der Waals surface area contributed by atoms with Crippen molar-refractivity contribution in [3.05, 3.63) is 76.0 Å². The predicted molar refractivity (Wildman–Crippen MR) is 105 cm³/mol. The summed E-state index contributed by atoms with van der Waals surface area (Å²) in [4.78, 5) is 22.6. The number of hydrogen-bond donors (Lipinski definition) is 1. The number of nitrogens with zero attached hydrogens (tertiary/aromatic N) is 2. The molecule has 0 bridgehead atoms. The van der Waals surface area contributed by atoms with Crippen LogP contribution in [0.3, 0.4) is 0 Å². The molecule has 0 aliphatic rings. The van der Waals surface area contributed by atoms with Crippen LogP contribution < -0.4 is 14.9 Å². The third-order valence-electron chi connectivity index (χ3n) is 3.97.